The first-order valence-electron chi connectivity index (χ1n) is 8.55. The number of carbonyl (C=O) groups excluding carboxylic acids is 1. The zero-order valence-electron chi connectivity index (χ0n) is 14.9. The maximum Gasteiger partial charge on any atom is 0.416 e. The number of nitrogens with zero attached hydrogens (tertiary/aromatic N) is 1. The lowest BCUT2D eigenvalue weighted by atomic mass is 10.1. The Bertz CT molecular complexity index is 749. The van der Waals surface area contributed by atoms with Gasteiger partial charge in [-0.1, -0.05) is 13.0 Å². The number of amides is 1. The highest BCUT2D eigenvalue weighted by molar-refractivity contribution is 5.93. The fourth-order valence-corrected chi connectivity index (χ4v) is 2.66. The van der Waals surface area contributed by atoms with Crippen LogP contribution in [0.4, 0.5) is 24.5 Å². The van der Waals surface area contributed by atoms with E-state index in [1.54, 1.807) is 35.8 Å². The Morgan fingerprint density at radius 2 is 1.81 bits per heavy atom. The van der Waals surface area contributed by atoms with Gasteiger partial charge in [-0.2, -0.15) is 13.2 Å². The number of nitrogens with one attached hydrogen (secondary N) is 2. The third kappa shape index (κ3) is 5.89. The van der Waals surface area contributed by atoms with E-state index in [9.17, 15) is 18.0 Å². The summed E-state index contributed by atoms with van der Waals surface area (Å²) >= 11 is 0. The highest BCUT2D eigenvalue weighted by Gasteiger charge is 2.30. The average Bonchev–Trinajstić information content (AvgIpc) is 2.66. The molecule has 0 saturated carbocycles. The van der Waals surface area contributed by atoms with Crippen LogP contribution in [0, 0.1) is 0 Å². The monoisotopic (exact) mass is 381 g/mol. The van der Waals surface area contributed by atoms with Gasteiger partial charge in [0.15, 0.2) is 0 Å². The molecule has 0 saturated heterocycles. The summed E-state index contributed by atoms with van der Waals surface area (Å²) in [6, 6.07) is 11.8. The SMILES string of the molecule is CCCN(CCNc1ccc(C(=O)NO)cc1)c1cccc(C(F)(F)F)c1. The minimum absolute atomic E-state index is 0.319. The molecule has 2 aromatic carbocycles. The van der Waals surface area contributed by atoms with Crippen molar-refractivity contribution in [3.63, 3.8) is 0 Å². The van der Waals surface area contributed by atoms with Crippen LogP contribution in [0.5, 0.6) is 0 Å². The first-order valence-corrected chi connectivity index (χ1v) is 8.55. The van der Waals surface area contributed by atoms with E-state index in [0.29, 0.717) is 30.9 Å². The van der Waals surface area contributed by atoms with Crippen LogP contribution in [0.15, 0.2) is 48.5 Å². The fourth-order valence-electron chi connectivity index (χ4n) is 2.66. The topological polar surface area (TPSA) is 64.6 Å². The van der Waals surface area contributed by atoms with Gasteiger partial charge in [-0.3, -0.25) is 10.0 Å². The largest absolute Gasteiger partial charge is 0.416 e. The summed E-state index contributed by atoms with van der Waals surface area (Å²) in [4.78, 5) is 13.2. The normalized spacial score (nSPS) is 11.1. The number of anilines is 2. The highest BCUT2D eigenvalue weighted by atomic mass is 19.4. The molecular formula is C19H22F3N3O2. The molecular weight excluding hydrogens is 359 g/mol. The molecule has 3 N–H and O–H groups in total. The van der Waals surface area contributed by atoms with Crippen molar-refractivity contribution in [2.75, 3.05) is 29.9 Å². The maximum atomic E-state index is 12.9. The molecule has 27 heavy (non-hydrogen) atoms. The Labute approximate surface area is 155 Å². The lowest BCUT2D eigenvalue weighted by Gasteiger charge is -2.25. The van der Waals surface area contributed by atoms with E-state index in [-0.39, 0.29) is 0 Å². The second kappa shape index (κ2) is 9.27. The van der Waals surface area contributed by atoms with Crippen LogP contribution in [0.3, 0.4) is 0 Å². The lowest BCUT2D eigenvalue weighted by molar-refractivity contribution is -0.137. The van der Waals surface area contributed by atoms with Crippen molar-refractivity contribution in [3.05, 3.63) is 59.7 Å². The molecule has 0 heterocycles. The van der Waals surface area contributed by atoms with E-state index in [1.807, 2.05) is 11.8 Å². The Kier molecular flexibility index (Phi) is 7.06. The third-order valence-electron chi connectivity index (χ3n) is 3.99. The van der Waals surface area contributed by atoms with E-state index in [4.69, 9.17) is 5.21 Å². The van der Waals surface area contributed by atoms with E-state index in [2.05, 4.69) is 5.32 Å². The average molecular weight is 381 g/mol. The molecule has 0 aliphatic carbocycles. The molecule has 0 bridgehead atoms. The molecule has 0 fully saturated rings. The first kappa shape index (κ1) is 20.6. The van der Waals surface area contributed by atoms with E-state index in [1.165, 1.54) is 6.07 Å². The summed E-state index contributed by atoms with van der Waals surface area (Å²) in [6.07, 6.45) is -3.56. The summed E-state index contributed by atoms with van der Waals surface area (Å²) in [5.74, 6) is -0.597. The molecule has 5 nitrogen and oxygen atoms in total. The van der Waals surface area contributed by atoms with Gasteiger partial charge in [0.2, 0.25) is 0 Å². The quantitative estimate of drug-likeness (QED) is 0.475. The van der Waals surface area contributed by atoms with Crippen LogP contribution in [0.2, 0.25) is 0 Å². The van der Waals surface area contributed by atoms with Crippen LogP contribution in [-0.2, 0) is 6.18 Å². The molecule has 146 valence electrons. The van der Waals surface area contributed by atoms with Crippen molar-refractivity contribution < 1.29 is 23.2 Å². The lowest BCUT2D eigenvalue weighted by Crippen LogP contribution is -2.30. The molecule has 8 heteroatoms. The van der Waals surface area contributed by atoms with Crippen LogP contribution in [0.25, 0.3) is 0 Å². The van der Waals surface area contributed by atoms with Crippen molar-refractivity contribution in [2.24, 2.45) is 0 Å². The predicted molar refractivity (Wildman–Crippen MR) is 98.1 cm³/mol. The van der Waals surface area contributed by atoms with Gasteiger partial charge in [0.1, 0.15) is 0 Å². The van der Waals surface area contributed by atoms with Gasteiger partial charge in [-0.25, -0.2) is 5.48 Å². The van der Waals surface area contributed by atoms with Crippen molar-refractivity contribution in [2.45, 2.75) is 19.5 Å². The molecule has 0 aliphatic heterocycles. The van der Waals surface area contributed by atoms with Crippen molar-refractivity contribution in [3.8, 4) is 0 Å². The number of hydrogen-bond donors (Lipinski definition) is 3. The smallest absolute Gasteiger partial charge is 0.383 e. The first-order chi connectivity index (χ1) is 12.8. The summed E-state index contributed by atoms with van der Waals surface area (Å²) in [6.45, 7) is 3.65. The minimum atomic E-state index is -4.37. The van der Waals surface area contributed by atoms with Crippen LogP contribution >= 0.6 is 0 Å². The zero-order valence-corrected chi connectivity index (χ0v) is 14.9. The van der Waals surface area contributed by atoms with Gasteiger partial charge in [-0.05, 0) is 48.9 Å². The summed E-state index contributed by atoms with van der Waals surface area (Å²) in [5.41, 5.74) is 2.52. The molecule has 2 aromatic rings. The van der Waals surface area contributed by atoms with Crippen molar-refractivity contribution >= 4 is 17.3 Å². The molecule has 0 spiro atoms. The Morgan fingerprint density at radius 3 is 2.41 bits per heavy atom. The summed E-state index contributed by atoms with van der Waals surface area (Å²) < 4.78 is 38.8. The second-order valence-corrected chi connectivity index (χ2v) is 5.98. The predicted octanol–water partition coefficient (Wildman–Crippen LogP) is 4.15. The third-order valence-corrected chi connectivity index (χ3v) is 3.99. The Hall–Kier alpha value is -2.74. The fraction of sp³-hybridized carbons (Fsp3) is 0.316. The van der Waals surface area contributed by atoms with Crippen molar-refractivity contribution in [1.82, 2.24) is 5.48 Å². The molecule has 0 atom stereocenters. The number of halogens is 3. The number of hydroxylamine groups is 1. The van der Waals surface area contributed by atoms with E-state index >= 15 is 0 Å². The number of alkyl halides is 3. The molecule has 0 radical (unpaired) electrons. The van der Waals surface area contributed by atoms with Crippen LogP contribution in [0.1, 0.15) is 29.3 Å². The zero-order chi connectivity index (χ0) is 19.9. The standard InChI is InChI=1S/C19H22F3N3O2/c1-2-11-25(17-5-3-4-15(13-17)19(20,21)22)12-10-23-16-8-6-14(7-9-16)18(26)24-27/h3-9,13,23,27H,2,10-12H2,1H3,(H,24,26). The van der Waals surface area contributed by atoms with Gasteiger partial charge in [0, 0.05) is 36.6 Å². The Balaban J connectivity index is 2.00. The number of benzene rings is 2. The Morgan fingerprint density at radius 1 is 1.11 bits per heavy atom. The molecule has 0 aromatic heterocycles. The molecule has 2 rings (SSSR count). The van der Waals surface area contributed by atoms with E-state index in [0.717, 1.165) is 24.2 Å². The van der Waals surface area contributed by atoms with Crippen molar-refractivity contribution in [1.29, 1.82) is 0 Å². The van der Waals surface area contributed by atoms with Gasteiger partial charge in [-0.15, -0.1) is 0 Å². The van der Waals surface area contributed by atoms with Gasteiger partial charge >= 0.3 is 6.18 Å². The van der Waals surface area contributed by atoms with Crippen LogP contribution < -0.4 is 15.7 Å². The van der Waals surface area contributed by atoms with E-state index < -0.39 is 17.6 Å². The van der Waals surface area contributed by atoms with Crippen LogP contribution in [-0.4, -0.2) is 30.7 Å². The minimum Gasteiger partial charge on any atom is -0.383 e. The molecule has 0 aliphatic rings. The maximum absolute atomic E-state index is 12.9. The van der Waals surface area contributed by atoms with Gasteiger partial charge < -0.3 is 10.2 Å². The molecule has 1 amide bonds. The highest BCUT2D eigenvalue weighted by Crippen LogP contribution is 2.31. The number of carbonyl (C=O) groups is 1. The summed E-state index contributed by atoms with van der Waals surface area (Å²) in [5, 5.41) is 11.8. The molecule has 0 unspecified atom stereocenters. The van der Waals surface area contributed by atoms with Gasteiger partial charge in [0.05, 0.1) is 5.56 Å². The second-order valence-electron chi connectivity index (χ2n) is 5.98. The van der Waals surface area contributed by atoms with Gasteiger partial charge in [0.25, 0.3) is 5.91 Å². The summed E-state index contributed by atoms with van der Waals surface area (Å²) in [7, 11) is 0. The number of rotatable bonds is 8. The number of hydrogen-bond acceptors (Lipinski definition) is 4.